The monoisotopic (exact) mass is 411 g/mol. The van der Waals surface area contributed by atoms with Crippen molar-refractivity contribution in [2.45, 2.75) is 18.2 Å². The van der Waals surface area contributed by atoms with E-state index < -0.39 is 0 Å². The molecule has 9 heteroatoms. The van der Waals surface area contributed by atoms with Gasteiger partial charge in [-0.15, -0.1) is 21.5 Å². The highest BCUT2D eigenvalue weighted by molar-refractivity contribution is 7.99. The highest BCUT2D eigenvalue weighted by Crippen LogP contribution is 2.36. The number of rotatable bonds is 5. The molecule has 7 nitrogen and oxygen atoms in total. The van der Waals surface area contributed by atoms with Crippen molar-refractivity contribution in [3.63, 3.8) is 0 Å². The van der Waals surface area contributed by atoms with Gasteiger partial charge in [0, 0.05) is 23.5 Å². The number of hydrogen-bond acceptors (Lipinski definition) is 8. The number of thiophene rings is 1. The van der Waals surface area contributed by atoms with Crippen molar-refractivity contribution in [3.05, 3.63) is 46.3 Å². The molecular weight excluding hydrogens is 394 g/mol. The van der Waals surface area contributed by atoms with Gasteiger partial charge in [-0.25, -0.2) is 0 Å². The van der Waals surface area contributed by atoms with Crippen molar-refractivity contribution >= 4 is 34.0 Å². The fourth-order valence-electron chi connectivity index (χ4n) is 2.99. The molecule has 1 aliphatic heterocycles. The number of benzene rings is 1. The van der Waals surface area contributed by atoms with Crippen molar-refractivity contribution in [2.24, 2.45) is 0 Å². The molecule has 0 saturated carbocycles. The summed E-state index contributed by atoms with van der Waals surface area (Å²) in [7, 11) is 2.05. The van der Waals surface area contributed by atoms with Gasteiger partial charge in [-0.3, -0.25) is 4.79 Å². The summed E-state index contributed by atoms with van der Waals surface area (Å²) in [4.78, 5) is 15.7. The van der Waals surface area contributed by atoms with E-state index in [0.29, 0.717) is 21.7 Å². The molecule has 0 fully saturated rings. The first-order chi connectivity index (χ1) is 13.6. The third kappa shape index (κ3) is 3.94. The van der Waals surface area contributed by atoms with Gasteiger partial charge in [-0.2, -0.15) is 5.26 Å². The van der Waals surface area contributed by atoms with Gasteiger partial charge in [0.05, 0.1) is 11.3 Å². The maximum absolute atomic E-state index is 12.4. The van der Waals surface area contributed by atoms with Crippen molar-refractivity contribution < 1.29 is 9.21 Å². The summed E-state index contributed by atoms with van der Waals surface area (Å²) in [5, 5.41) is 21.3. The number of carbonyl (C=O) groups excluding carboxylic acids is 1. The van der Waals surface area contributed by atoms with E-state index >= 15 is 0 Å². The summed E-state index contributed by atoms with van der Waals surface area (Å²) in [6.07, 6.45) is 0.833. The number of nitriles is 1. The normalized spacial score (nSPS) is 13.7. The second kappa shape index (κ2) is 8.14. The van der Waals surface area contributed by atoms with Crippen LogP contribution in [0.15, 0.2) is 40.0 Å². The van der Waals surface area contributed by atoms with Crippen molar-refractivity contribution in [3.8, 4) is 17.5 Å². The van der Waals surface area contributed by atoms with Crippen LogP contribution in [0.4, 0.5) is 5.00 Å². The van der Waals surface area contributed by atoms with Crippen LogP contribution < -0.4 is 5.32 Å². The molecule has 1 aromatic carbocycles. The number of nitrogens with one attached hydrogen (secondary N) is 1. The van der Waals surface area contributed by atoms with Crippen LogP contribution >= 0.6 is 23.1 Å². The number of likely N-dealkylation sites (N-methyl/N-ethyl adjacent to an activating group) is 1. The van der Waals surface area contributed by atoms with E-state index in [9.17, 15) is 10.1 Å². The molecule has 0 atom stereocenters. The molecule has 0 unspecified atom stereocenters. The number of carbonyl (C=O) groups is 1. The second-order valence-electron chi connectivity index (χ2n) is 6.38. The molecule has 0 bridgehead atoms. The molecule has 4 rings (SSSR count). The lowest BCUT2D eigenvalue weighted by Crippen LogP contribution is -2.25. The summed E-state index contributed by atoms with van der Waals surface area (Å²) < 4.78 is 5.60. The van der Waals surface area contributed by atoms with Crippen LogP contribution in [-0.2, 0) is 17.8 Å². The molecule has 28 heavy (non-hydrogen) atoms. The largest absolute Gasteiger partial charge is 0.411 e. The highest BCUT2D eigenvalue weighted by Gasteiger charge is 2.24. The first kappa shape index (κ1) is 18.7. The smallest absolute Gasteiger partial charge is 0.277 e. The Morgan fingerprint density at radius 1 is 1.39 bits per heavy atom. The van der Waals surface area contributed by atoms with Crippen LogP contribution in [0.5, 0.6) is 0 Å². The highest BCUT2D eigenvalue weighted by atomic mass is 32.2. The maximum atomic E-state index is 12.4. The van der Waals surface area contributed by atoms with E-state index in [4.69, 9.17) is 4.42 Å². The topological polar surface area (TPSA) is 95.1 Å². The number of nitrogens with zero attached hydrogens (tertiary/aromatic N) is 4. The van der Waals surface area contributed by atoms with Crippen LogP contribution in [-0.4, -0.2) is 40.3 Å². The summed E-state index contributed by atoms with van der Waals surface area (Å²) in [6.45, 7) is 1.73. The predicted molar refractivity (Wildman–Crippen MR) is 108 cm³/mol. The minimum Gasteiger partial charge on any atom is -0.411 e. The standard InChI is InChI=1S/C19H17N5O2S2/c1-24-8-7-13-14(9-20)18(28-15(13)10-24)21-16(25)11-27-19-23-22-17(26-19)12-5-3-2-4-6-12/h2-6H,7-8,10-11H2,1H3,(H,21,25). The number of thioether (sulfide) groups is 1. The fourth-order valence-corrected chi connectivity index (χ4v) is 4.85. The van der Waals surface area contributed by atoms with Crippen LogP contribution in [0.1, 0.15) is 16.0 Å². The third-order valence-electron chi connectivity index (χ3n) is 4.37. The molecule has 1 N–H and O–H groups in total. The Labute approximate surface area is 170 Å². The van der Waals surface area contributed by atoms with Gasteiger partial charge in [0.15, 0.2) is 0 Å². The van der Waals surface area contributed by atoms with Gasteiger partial charge in [-0.1, -0.05) is 30.0 Å². The van der Waals surface area contributed by atoms with Crippen LogP contribution in [0.3, 0.4) is 0 Å². The molecule has 0 radical (unpaired) electrons. The zero-order chi connectivity index (χ0) is 19.5. The van der Waals surface area contributed by atoms with Gasteiger partial charge < -0.3 is 14.6 Å². The van der Waals surface area contributed by atoms with Gasteiger partial charge in [0.25, 0.3) is 5.22 Å². The lowest BCUT2D eigenvalue weighted by Gasteiger charge is -2.21. The maximum Gasteiger partial charge on any atom is 0.277 e. The van der Waals surface area contributed by atoms with Crippen molar-refractivity contribution in [2.75, 3.05) is 24.7 Å². The molecule has 0 spiro atoms. The summed E-state index contributed by atoms with van der Waals surface area (Å²) in [5.74, 6) is 0.349. The molecule has 2 aromatic heterocycles. The van der Waals surface area contributed by atoms with Crippen LogP contribution in [0.2, 0.25) is 0 Å². The second-order valence-corrected chi connectivity index (χ2v) is 8.42. The van der Waals surface area contributed by atoms with E-state index in [0.717, 1.165) is 35.5 Å². The first-order valence-corrected chi connectivity index (χ1v) is 10.5. The van der Waals surface area contributed by atoms with Gasteiger partial charge in [-0.05, 0) is 31.2 Å². The quantitative estimate of drug-likeness (QED) is 0.643. The van der Waals surface area contributed by atoms with Gasteiger partial charge in [0.2, 0.25) is 11.8 Å². The molecule has 142 valence electrons. The van der Waals surface area contributed by atoms with E-state index in [2.05, 4.69) is 33.5 Å². The Hall–Kier alpha value is -2.67. The zero-order valence-electron chi connectivity index (χ0n) is 15.1. The number of hydrogen-bond donors (Lipinski definition) is 1. The number of amides is 1. The molecule has 1 amide bonds. The average Bonchev–Trinajstić information content (AvgIpc) is 3.31. The third-order valence-corrected chi connectivity index (χ3v) is 6.32. The molecular formula is C19H17N5O2S2. The minimum absolute atomic E-state index is 0.129. The van der Waals surface area contributed by atoms with Crippen molar-refractivity contribution in [1.29, 1.82) is 5.26 Å². The lowest BCUT2D eigenvalue weighted by molar-refractivity contribution is -0.113. The zero-order valence-corrected chi connectivity index (χ0v) is 16.8. The fraction of sp³-hybridized carbons (Fsp3) is 0.263. The lowest BCUT2D eigenvalue weighted by atomic mass is 10.0. The summed E-state index contributed by atoms with van der Waals surface area (Å²) >= 11 is 2.66. The number of anilines is 1. The van der Waals surface area contributed by atoms with Gasteiger partial charge in [0.1, 0.15) is 11.1 Å². The number of aromatic nitrogens is 2. The molecule has 3 aromatic rings. The van der Waals surface area contributed by atoms with Crippen LogP contribution in [0.25, 0.3) is 11.5 Å². The SMILES string of the molecule is CN1CCc2c(sc(NC(=O)CSc3nnc(-c4ccccc4)o3)c2C#N)C1. The Balaban J connectivity index is 1.39. The van der Waals surface area contributed by atoms with Gasteiger partial charge >= 0.3 is 0 Å². The molecule has 0 aliphatic carbocycles. The van der Waals surface area contributed by atoms with E-state index in [1.807, 2.05) is 30.3 Å². The van der Waals surface area contributed by atoms with E-state index in [1.54, 1.807) is 0 Å². The first-order valence-electron chi connectivity index (χ1n) is 8.69. The molecule has 1 aliphatic rings. The summed E-state index contributed by atoms with van der Waals surface area (Å²) in [5.41, 5.74) is 2.49. The Morgan fingerprint density at radius 2 is 2.21 bits per heavy atom. The van der Waals surface area contributed by atoms with Crippen LogP contribution in [0, 0.1) is 11.3 Å². The average molecular weight is 412 g/mol. The van der Waals surface area contributed by atoms with E-state index in [1.165, 1.54) is 23.1 Å². The minimum atomic E-state index is -0.201. The Kier molecular flexibility index (Phi) is 5.43. The van der Waals surface area contributed by atoms with Crippen molar-refractivity contribution in [1.82, 2.24) is 15.1 Å². The van der Waals surface area contributed by atoms with E-state index in [-0.39, 0.29) is 11.7 Å². The Bertz CT molecular complexity index is 1040. The number of fused-ring (bicyclic) bond motifs is 1. The molecule has 0 saturated heterocycles. The Morgan fingerprint density at radius 3 is 3.00 bits per heavy atom. The molecule has 3 heterocycles. The summed E-state index contributed by atoms with van der Waals surface area (Å²) in [6, 6.07) is 11.7. The predicted octanol–water partition coefficient (Wildman–Crippen LogP) is 3.39.